The highest BCUT2D eigenvalue weighted by Gasteiger charge is 2.09. The van der Waals surface area contributed by atoms with Gasteiger partial charge in [0, 0.05) is 0 Å². The van der Waals surface area contributed by atoms with E-state index in [1.54, 1.807) is 0 Å². The first kappa shape index (κ1) is 10.8. The quantitative estimate of drug-likeness (QED) is 0.762. The highest BCUT2D eigenvalue weighted by atomic mass is 16.1. The molecule has 0 spiro atoms. The van der Waals surface area contributed by atoms with Crippen molar-refractivity contribution < 1.29 is 4.79 Å². The smallest absolute Gasteiger partial charge is 0.221 e. The van der Waals surface area contributed by atoms with Gasteiger partial charge < -0.3 is 5.73 Å². The maximum Gasteiger partial charge on any atom is 0.221 e. The minimum absolute atomic E-state index is 0.264. The van der Waals surface area contributed by atoms with Crippen molar-refractivity contribution in [3.8, 4) is 0 Å². The normalized spacial score (nSPS) is 10.3. The predicted octanol–water partition coefficient (Wildman–Crippen LogP) is 1.95. The van der Waals surface area contributed by atoms with E-state index in [1.165, 1.54) is 16.7 Å². The molecule has 0 unspecified atom stereocenters. The standard InChI is InChI=1S/C12H17NO/c1-7-5-8(2)11(6-12(13)14)10(4)9(7)3/h5H,6H2,1-4H3,(H2,13,14). The second-order valence-electron chi connectivity index (χ2n) is 3.88. The molecule has 0 fully saturated rings. The number of primary amides is 1. The zero-order valence-corrected chi connectivity index (χ0v) is 9.27. The van der Waals surface area contributed by atoms with E-state index in [2.05, 4.69) is 19.9 Å². The lowest BCUT2D eigenvalue weighted by atomic mass is 9.92. The second kappa shape index (κ2) is 3.82. The van der Waals surface area contributed by atoms with Gasteiger partial charge in [0.05, 0.1) is 6.42 Å². The fraction of sp³-hybridized carbons (Fsp3) is 0.417. The maximum atomic E-state index is 10.9. The molecule has 0 saturated carbocycles. The number of benzene rings is 1. The van der Waals surface area contributed by atoms with Gasteiger partial charge in [-0.3, -0.25) is 4.79 Å². The summed E-state index contributed by atoms with van der Waals surface area (Å²) in [6.07, 6.45) is 0.346. The summed E-state index contributed by atoms with van der Waals surface area (Å²) in [5.74, 6) is -0.264. The monoisotopic (exact) mass is 191 g/mol. The minimum atomic E-state index is -0.264. The van der Waals surface area contributed by atoms with E-state index in [0.717, 1.165) is 11.1 Å². The third-order valence-corrected chi connectivity index (χ3v) is 2.87. The van der Waals surface area contributed by atoms with Crippen LogP contribution in [0.3, 0.4) is 0 Å². The molecule has 0 radical (unpaired) electrons. The number of rotatable bonds is 2. The lowest BCUT2D eigenvalue weighted by molar-refractivity contribution is -0.117. The third kappa shape index (κ3) is 1.95. The Bertz CT molecular complexity index is 380. The summed E-state index contributed by atoms with van der Waals surface area (Å²) in [4.78, 5) is 10.9. The van der Waals surface area contributed by atoms with Crippen molar-refractivity contribution in [2.45, 2.75) is 34.1 Å². The third-order valence-electron chi connectivity index (χ3n) is 2.87. The molecule has 1 aromatic rings. The van der Waals surface area contributed by atoms with Gasteiger partial charge in [0.25, 0.3) is 0 Å². The van der Waals surface area contributed by atoms with Gasteiger partial charge in [0.15, 0.2) is 0 Å². The first-order valence-electron chi connectivity index (χ1n) is 4.78. The highest BCUT2D eigenvalue weighted by Crippen LogP contribution is 2.21. The van der Waals surface area contributed by atoms with Crippen LogP contribution in [0.2, 0.25) is 0 Å². The van der Waals surface area contributed by atoms with Crippen LogP contribution in [0.25, 0.3) is 0 Å². The zero-order valence-electron chi connectivity index (χ0n) is 9.27. The van der Waals surface area contributed by atoms with Crippen molar-refractivity contribution in [2.24, 2.45) is 5.73 Å². The van der Waals surface area contributed by atoms with E-state index in [4.69, 9.17) is 5.73 Å². The Morgan fingerprint density at radius 2 is 1.71 bits per heavy atom. The Labute approximate surface area is 85.1 Å². The lowest BCUT2D eigenvalue weighted by Gasteiger charge is -2.13. The molecule has 2 nitrogen and oxygen atoms in total. The number of aryl methyl sites for hydroxylation is 2. The molecule has 0 aromatic heterocycles. The Morgan fingerprint density at radius 3 is 2.21 bits per heavy atom. The summed E-state index contributed by atoms with van der Waals surface area (Å²) in [6, 6.07) is 2.11. The van der Waals surface area contributed by atoms with Crippen molar-refractivity contribution in [2.75, 3.05) is 0 Å². The molecule has 0 saturated heterocycles. The van der Waals surface area contributed by atoms with Crippen LogP contribution in [0, 0.1) is 27.7 Å². The average Bonchev–Trinajstić information content (AvgIpc) is 2.09. The fourth-order valence-electron chi connectivity index (χ4n) is 1.78. The molecular formula is C12H17NO. The van der Waals surface area contributed by atoms with Gasteiger partial charge in [-0.05, 0) is 55.5 Å². The van der Waals surface area contributed by atoms with E-state index >= 15 is 0 Å². The van der Waals surface area contributed by atoms with Gasteiger partial charge in [-0.25, -0.2) is 0 Å². The average molecular weight is 191 g/mol. The molecule has 0 heterocycles. The molecule has 0 aliphatic rings. The first-order chi connectivity index (χ1) is 6.43. The van der Waals surface area contributed by atoms with E-state index in [-0.39, 0.29) is 5.91 Å². The van der Waals surface area contributed by atoms with Gasteiger partial charge in [-0.15, -0.1) is 0 Å². The zero-order chi connectivity index (χ0) is 10.9. The van der Waals surface area contributed by atoms with Crippen molar-refractivity contribution in [1.82, 2.24) is 0 Å². The van der Waals surface area contributed by atoms with Crippen LogP contribution in [-0.2, 0) is 11.2 Å². The Balaban J connectivity index is 3.29. The van der Waals surface area contributed by atoms with E-state index in [9.17, 15) is 4.79 Å². The number of carbonyl (C=O) groups is 1. The summed E-state index contributed by atoms with van der Waals surface area (Å²) in [6.45, 7) is 8.24. The Kier molecular flexibility index (Phi) is 2.94. The summed E-state index contributed by atoms with van der Waals surface area (Å²) < 4.78 is 0. The summed E-state index contributed by atoms with van der Waals surface area (Å²) in [5, 5.41) is 0. The Morgan fingerprint density at radius 1 is 1.14 bits per heavy atom. The highest BCUT2D eigenvalue weighted by molar-refractivity contribution is 5.77. The molecule has 76 valence electrons. The molecule has 0 aliphatic heterocycles. The SMILES string of the molecule is Cc1cc(C)c(CC(N)=O)c(C)c1C. The van der Waals surface area contributed by atoms with Crippen molar-refractivity contribution in [3.05, 3.63) is 33.9 Å². The number of amides is 1. The molecule has 0 atom stereocenters. The number of hydrogen-bond acceptors (Lipinski definition) is 1. The molecule has 1 rings (SSSR count). The summed E-state index contributed by atoms with van der Waals surface area (Å²) in [5.41, 5.74) is 11.2. The summed E-state index contributed by atoms with van der Waals surface area (Å²) >= 11 is 0. The van der Waals surface area contributed by atoms with Crippen LogP contribution in [0.1, 0.15) is 27.8 Å². The van der Waals surface area contributed by atoms with Gasteiger partial charge in [-0.2, -0.15) is 0 Å². The molecule has 0 aliphatic carbocycles. The van der Waals surface area contributed by atoms with Gasteiger partial charge in [0.2, 0.25) is 5.91 Å². The van der Waals surface area contributed by atoms with Crippen molar-refractivity contribution >= 4 is 5.91 Å². The summed E-state index contributed by atoms with van der Waals surface area (Å²) in [7, 11) is 0. The minimum Gasteiger partial charge on any atom is -0.369 e. The van der Waals surface area contributed by atoms with Crippen LogP contribution >= 0.6 is 0 Å². The van der Waals surface area contributed by atoms with E-state index < -0.39 is 0 Å². The second-order valence-corrected chi connectivity index (χ2v) is 3.88. The van der Waals surface area contributed by atoms with Crippen LogP contribution in [0.4, 0.5) is 0 Å². The predicted molar refractivity (Wildman–Crippen MR) is 58.3 cm³/mol. The maximum absolute atomic E-state index is 10.9. The van der Waals surface area contributed by atoms with Crippen molar-refractivity contribution in [1.29, 1.82) is 0 Å². The number of nitrogens with two attached hydrogens (primary N) is 1. The lowest BCUT2D eigenvalue weighted by Crippen LogP contribution is -2.16. The van der Waals surface area contributed by atoms with Gasteiger partial charge in [0.1, 0.15) is 0 Å². The van der Waals surface area contributed by atoms with E-state index in [1.807, 2.05) is 13.8 Å². The van der Waals surface area contributed by atoms with Crippen LogP contribution in [0.15, 0.2) is 6.07 Å². The molecular weight excluding hydrogens is 174 g/mol. The van der Waals surface area contributed by atoms with E-state index in [0.29, 0.717) is 6.42 Å². The van der Waals surface area contributed by atoms with Crippen LogP contribution in [-0.4, -0.2) is 5.91 Å². The molecule has 0 bridgehead atoms. The topological polar surface area (TPSA) is 43.1 Å². The fourth-order valence-corrected chi connectivity index (χ4v) is 1.78. The van der Waals surface area contributed by atoms with Crippen molar-refractivity contribution in [3.63, 3.8) is 0 Å². The molecule has 14 heavy (non-hydrogen) atoms. The molecule has 2 heteroatoms. The molecule has 1 aromatic carbocycles. The molecule has 1 amide bonds. The first-order valence-corrected chi connectivity index (χ1v) is 4.78. The van der Waals surface area contributed by atoms with Gasteiger partial charge >= 0.3 is 0 Å². The molecule has 2 N–H and O–H groups in total. The largest absolute Gasteiger partial charge is 0.369 e. The van der Waals surface area contributed by atoms with Gasteiger partial charge in [-0.1, -0.05) is 6.07 Å². The van der Waals surface area contributed by atoms with Crippen LogP contribution in [0.5, 0.6) is 0 Å². The number of hydrogen-bond donors (Lipinski definition) is 1. The Hall–Kier alpha value is -1.31. The van der Waals surface area contributed by atoms with Crippen LogP contribution < -0.4 is 5.73 Å². The number of carbonyl (C=O) groups excluding carboxylic acids is 1.